The number of esters is 2. The Morgan fingerprint density at radius 2 is 1.74 bits per heavy atom. The van der Waals surface area contributed by atoms with E-state index in [0.717, 1.165) is 10.4 Å². The van der Waals surface area contributed by atoms with E-state index in [2.05, 4.69) is 5.32 Å². The van der Waals surface area contributed by atoms with E-state index < -0.39 is 29.9 Å². The van der Waals surface area contributed by atoms with Crippen LogP contribution in [0.1, 0.15) is 54.4 Å². The van der Waals surface area contributed by atoms with Crippen LogP contribution in [0.4, 0.5) is 5.00 Å². The van der Waals surface area contributed by atoms with Crippen LogP contribution >= 0.6 is 11.3 Å². The van der Waals surface area contributed by atoms with Gasteiger partial charge in [-0.3, -0.25) is 14.4 Å². The normalized spacial score (nSPS) is 14.9. The van der Waals surface area contributed by atoms with Crippen molar-refractivity contribution in [1.82, 2.24) is 4.90 Å². The Bertz CT molecular complexity index is 1040. The number of thiophene rings is 1. The molecule has 8 nitrogen and oxygen atoms in total. The monoisotopic (exact) mass is 486 g/mol. The number of carbonyl (C=O) groups excluding carboxylic acids is 4. The van der Waals surface area contributed by atoms with E-state index in [4.69, 9.17) is 9.47 Å². The van der Waals surface area contributed by atoms with Gasteiger partial charge in [0, 0.05) is 24.9 Å². The van der Waals surface area contributed by atoms with Crippen LogP contribution in [-0.4, -0.2) is 55.0 Å². The zero-order valence-corrected chi connectivity index (χ0v) is 20.5. The summed E-state index contributed by atoms with van der Waals surface area (Å²) < 4.78 is 10.6. The standard InChI is InChI=1S/C25H30N2O6S/c1-4-19-15-20(23(30)32-5-2)22(34-19)26-21(29)16-33-24(31)25(18-9-7-6-8-10-18)11-13-27(14-12-25)17(3)28/h6-10,15H,4-5,11-14,16H2,1-3H3,(H,26,29). The third-order valence-corrected chi connectivity index (χ3v) is 7.19. The number of anilines is 1. The molecule has 3 rings (SSSR count). The van der Waals surface area contributed by atoms with Crippen molar-refractivity contribution >= 4 is 40.1 Å². The number of nitrogens with one attached hydrogen (secondary N) is 1. The Balaban J connectivity index is 1.71. The minimum Gasteiger partial charge on any atom is -0.462 e. The lowest BCUT2D eigenvalue weighted by atomic mass is 9.72. The van der Waals surface area contributed by atoms with Gasteiger partial charge in [-0.1, -0.05) is 37.3 Å². The van der Waals surface area contributed by atoms with Gasteiger partial charge in [0.05, 0.1) is 17.6 Å². The molecule has 1 aromatic carbocycles. The van der Waals surface area contributed by atoms with Crippen molar-refractivity contribution in [2.24, 2.45) is 0 Å². The van der Waals surface area contributed by atoms with Crippen molar-refractivity contribution in [2.45, 2.75) is 45.4 Å². The van der Waals surface area contributed by atoms with Crippen LogP contribution in [0.3, 0.4) is 0 Å². The molecule has 0 spiro atoms. The largest absolute Gasteiger partial charge is 0.462 e. The summed E-state index contributed by atoms with van der Waals surface area (Å²) in [6.07, 6.45) is 1.53. The van der Waals surface area contributed by atoms with Gasteiger partial charge in [-0.15, -0.1) is 11.3 Å². The van der Waals surface area contributed by atoms with Gasteiger partial charge in [-0.25, -0.2) is 4.79 Å². The molecule has 1 N–H and O–H groups in total. The molecule has 9 heteroatoms. The molecule has 0 atom stereocenters. The number of benzene rings is 1. The average Bonchev–Trinajstić information content (AvgIpc) is 3.26. The number of likely N-dealkylation sites (tertiary alicyclic amines) is 1. The smallest absolute Gasteiger partial charge is 0.341 e. The van der Waals surface area contributed by atoms with Gasteiger partial charge in [-0.2, -0.15) is 0 Å². The summed E-state index contributed by atoms with van der Waals surface area (Å²) in [5.74, 6) is -1.57. The molecular weight excluding hydrogens is 456 g/mol. The third kappa shape index (κ3) is 5.64. The number of ether oxygens (including phenoxy) is 2. The summed E-state index contributed by atoms with van der Waals surface area (Å²) in [6, 6.07) is 11.0. The SMILES string of the molecule is CCOC(=O)c1cc(CC)sc1NC(=O)COC(=O)C1(c2ccccc2)CCN(C(C)=O)CC1. The van der Waals surface area contributed by atoms with Gasteiger partial charge < -0.3 is 19.7 Å². The lowest BCUT2D eigenvalue weighted by Gasteiger charge is -2.40. The van der Waals surface area contributed by atoms with Crippen LogP contribution in [-0.2, 0) is 35.7 Å². The predicted octanol–water partition coefficient (Wildman–Crippen LogP) is 3.55. The van der Waals surface area contributed by atoms with Crippen LogP contribution in [0.25, 0.3) is 0 Å². The summed E-state index contributed by atoms with van der Waals surface area (Å²) in [4.78, 5) is 52.6. The highest BCUT2D eigenvalue weighted by Crippen LogP contribution is 2.37. The molecule has 2 aromatic rings. The lowest BCUT2D eigenvalue weighted by Crippen LogP contribution is -2.49. The van der Waals surface area contributed by atoms with Crippen LogP contribution in [0.5, 0.6) is 0 Å². The topological polar surface area (TPSA) is 102 Å². The fourth-order valence-corrected chi connectivity index (χ4v) is 5.07. The van der Waals surface area contributed by atoms with Crippen molar-refractivity contribution in [3.63, 3.8) is 0 Å². The Morgan fingerprint density at radius 1 is 1.06 bits per heavy atom. The van der Waals surface area contributed by atoms with E-state index in [0.29, 0.717) is 42.9 Å². The molecular formula is C25H30N2O6S. The highest BCUT2D eigenvalue weighted by atomic mass is 32.1. The molecule has 0 bridgehead atoms. The molecule has 1 fully saturated rings. The summed E-state index contributed by atoms with van der Waals surface area (Å²) in [6.45, 7) is 5.79. The number of piperidine rings is 1. The van der Waals surface area contributed by atoms with Gasteiger partial charge in [0.2, 0.25) is 5.91 Å². The van der Waals surface area contributed by atoms with Gasteiger partial charge in [0.15, 0.2) is 6.61 Å². The number of rotatable bonds is 8. The molecule has 1 aliphatic rings. The first-order valence-corrected chi connectivity index (χ1v) is 12.2. The quantitative estimate of drug-likeness (QED) is 0.573. The zero-order chi connectivity index (χ0) is 24.7. The second-order valence-corrected chi connectivity index (χ2v) is 9.24. The van der Waals surface area contributed by atoms with Crippen molar-refractivity contribution < 1.29 is 28.7 Å². The van der Waals surface area contributed by atoms with Crippen LogP contribution < -0.4 is 5.32 Å². The lowest BCUT2D eigenvalue weighted by molar-refractivity contribution is -0.156. The Hall–Kier alpha value is -3.20. The second-order valence-electron chi connectivity index (χ2n) is 8.11. The number of carbonyl (C=O) groups is 4. The molecule has 0 aliphatic carbocycles. The predicted molar refractivity (Wildman–Crippen MR) is 129 cm³/mol. The van der Waals surface area contributed by atoms with Gasteiger partial charge in [-0.05, 0) is 37.8 Å². The second kappa shape index (κ2) is 11.3. The summed E-state index contributed by atoms with van der Waals surface area (Å²) in [5.41, 5.74) is 0.168. The molecule has 34 heavy (non-hydrogen) atoms. The highest BCUT2D eigenvalue weighted by Gasteiger charge is 2.45. The molecule has 2 amide bonds. The third-order valence-electron chi connectivity index (χ3n) is 5.99. The maximum atomic E-state index is 13.3. The van der Waals surface area contributed by atoms with Crippen molar-refractivity contribution in [3.8, 4) is 0 Å². The molecule has 0 saturated carbocycles. The van der Waals surface area contributed by atoms with Crippen LogP contribution in [0, 0.1) is 0 Å². The van der Waals surface area contributed by atoms with E-state index in [9.17, 15) is 19.2 Å². The maximum absolute atomic E-state index is 13.3. The fourth-order valence-electron chi connectivity index (χ4n) is 4.07. The summed E-state index contributed by atoms with van der Waals surface area (Å²) in [7, 11) is 0. The highest BCUT2D eigenvalue weighted by molar-refractivity contribution is 7.16. The van der Waals surface area contributed by atoms with E-state index in [-0.39, 0.29) is 12.5 Å². The van der Waals surface area contributed by atoms with E-state index in [1.807, 2.05) is 37.3 Å². The van der Waals surface area contributed by atoms with Gasteiger partial charge in [0.25, 0.3) is 5.91 Å². The molecule has 182 valence electrons. The first-order valence-electron chi connectivity index (χ1n) is 11.4. The number of nitrogens with zero attached hydrogens (tertiary/aromatic N) is 1. The maximum Gasteiger partial charge on any atom is 0.341 e. The summed E-state index contributed by atoms with van der Waals surface area (Å²) in [5, 5.41) is 3.06. The van der Waals surface area contributed by atoms with Crippen LogP contribution in [0.2, 0.25) is 0 Å². The fraction of sp³-hybridized carbons (Fsp3) is 0.440. The first kappa shape index (κ1) is 25.4. The minimum atomic E-state index is -0.929. The Morgan fingerprint density at radius 3 is 2.32 bits per heavy atom. The van der Waals surface area contributed by atoms with Gasteiger partial charge >= 0.3 is 11.9 Å². The number of amides is 2. The van der Waals surface area contributed by atoms with E-state index in [1.165, 1.54) is 18.3 Å². The molecule has 0 radical (unpaired) electrons. The minimum absolute atomic E-state index is 0.0331. The van der Waals surface area contributed by atoms with Crippen molar-refractivity contribution in [2.75, 3.05) is 31.6 Å². The van der Waals surface area contributed by atoms with Crippen molar-refractivity contribution in [1.29, 1.82) is 0 Å². The average molecular weight is 487 g/mol. The van der Waals surface area contributed by atoms with Crippen LogP contribution in [0.15, 0.2) is 36.4 Å². The molecule has 1 saturated heterocycles. The Labute approximate surface area is 203 Å². The van der Waals surface area contributed by atoms with E-state index in [1.54, 1.807) is 17.9 Å². The molecule has 1 aromatic heterocycles. The molecule has 1 aliphatic heterocycles. The van der Waals surface area contributed by atoms with Gasteiger partial charge in [0.1, 0.15) is 5.00 Å². The van der Waals surface area contributed by atoms with E-state index >= 15 is 0 Å². The first-order chi connectivity index (χ1) is 16.3. The number of hydrogen-bond donors (Lipinski definition) is 1. The van der Waals surface area contributed by atoms with Crippen molar-refractivity contribution in [3.05, 3.63) is 52.4 Å². The number of hydrogen-bond acceptors (Lipinski definition) is 7. The Kier molecular flexibility index (Phi) is 8.44. The molecule has 0 unspecified atom stereocenters. The number of aryl methyl sites for hydroxylation is 1. The molecule has 2 heterocycles. The summed E-state index contributed by atoms with van der Waals surface area (Å²) >= 11 is 1.29. The zero-order valence-electron chi connectivity index (χ0n) is 19.7.